The predicted octanol–water partition coefficient (Wildman–Crippen LogP) is 2.20. The second-order valence-electron chi connectivity index (χ2n) is 6.69. The van der Waals surface area contributed by atoms with Crippen LogP contribution in [0.3, 0.4) is 0 Å². The molecule has 2 heterocycles. The zero-order valence-electron chi connectivity index (χ0n) is 15.8. The molecule has 0 aliphatic carbocycles. The lowest BCUT2D eigenvalue weighted by Crippen LogP contribution is -2.47. The van der Waals surface area contributed by atoms with Crippen molar-refractivity contribution in [3.63, 3.8) is 0 Å². The van der Waals surface area contributed by atoms with Gasteiger partial charge in [0.2, 0.25) is 5.91 Å². The molecule has 28 heavy (non-hydrogen) atoms. The summed E-state index contributed by atoms with van der Waals surface area (Å²) in [6.45, 7) is 2.45. The Morgan fingerprint density at radius 1 is 1.04 bits per heavy atom. The molecule has 1 saturated heterocycles. The fourth-order valence-electron chi connectivity index (χ4n) is 3.12. The van der Waals surface area contributed by atoms with Crippen molar-refractivity contribution in [1.29, 1.82) is 0 Å². The molecule has 0 unspecified atom stereocenters. The number of aromatic nitrogens is 1. The van der Waals surface area contributed by atoms with Gasteiger partial charge >= 0.3 is 6.03 Å². The van der Waals surface area contributed by atoms with Crippen LogP contribution in [0.1, 0.15) is 18.5 Å². The predicted molar refractivity (Wildman–Crippen MR) is 106 cm³/mol. The van der Waals surface area contributed by atoms with E-state index in [0.29, 0.717) is 45.6 Å². The number of carbonyl (C=O) groups is 2. The number of ether oxygens (including phenoxy) is 1. The number of likely N-dealkylation sites (tertiary alicyclic amines) is 1. The molecule has 1 fully saturated rings. The number of hydrogen-bond donors (Lipinski definition) is 2. The van der Waals surface area contributed by atoms with E-state index < -0.39 is 0 Å². The Kier molecular flexibility index (Phi) is 7.23. The fraction of sp³-hybridized carbons (Fsp3) is 0.381. The number of nitrogens with zero attached hydrogens (tertiary/aromatic N) is 2. The van der Waals surface area contributed by atoms with Gasteiger partial charge in [-0.25, -0.2) is 4.79 Å². The first-order valence-corrected chi connectivity index (χ1v) is 9.60. The Morgan fingerprint density at radius 3 is 2.50 bits per heavy atom. The SMILES string of the molecule is O=C(NCc1ccccn1)C1CCN(C(=O)NCCOc2ccccc2)CC1. The number of para-hydroxylation sites is 1. The second-order valence-corrected chi connectivity index (χ2v) is 6.69. The minimum atomic E-state index is -0.107. The van der Waals surface area contributed by atoms with Crippen molar-refractivity contribution in [2.45, 2.75) is 19.4 Å². The van der Waals surface area contributed by atoms with Gasteiger partial charge in [0.05, 0.1) is 18.8 Å². The summed E-state index contributed by atoms with van der Waals surface area (Å²) in [5.74, 6) is 0.755. The topological polar surface area (TPSA) is 83.6 Å². The molecule has 7 heteroatoms. The summed E-state index contributed by atoms with van der Waals surface area (Å²) in [4.78, 5) is 30.5. The van der Waals surface area contributed by atoms with E-state index in [2.05, 4.69) is 15.6 Å². The molecule has 0 atom stereocenters. The number of rotatable bonds is 7. The Morgan fingerprint density at radius 2 is 1.79 bits per heavy atom. The third-order valence-corrected chi connectivity index (χ3v) is 4.71. The smallest absolute Gasteiger partial charge is 0.317 e. The molecule has 1 aliphatic rings. The minimum Gasteiger partial charge on any atom is -0.492 e. The van der Waals surface area contributed by atoms with Crippen LogP contribution in [0.4, 0.5) is 4.79 Å². The molecule has 148 valence electrons. The van der Waals surface area contributed by atoms with Crippen molar-refractivity contribution < 1.29 is 14.3 Å². The minimum absolute atomic E-state index is 0.0296. The molecule has 1 aromatic carbocycles. The van der Waals surface area contributed by atoms with Crippen LogP contribution in [-0.2, 0) is 11.3 Å². The molecule has 0 spiro atoms. The van der Waals surface area contributed by atoms with Crippen LogP contribution in [0, 0.1) is 5.92 Å². The van der Waals surface area contributed by atoms with Gasteiger partial charge in [0.25, 0.3) is 0 Å². The van der Waals surface area contributed by atoms with Crippen LogP contribution in [0.15, 0.2) is 54.7 Å². The van der Waals surface area contributed by atoms with Gasteiger partial charge in [-0.1, -0.05) is 24.3 Å². The van der Waals surface area contributed by atoms with Gasteiger partial charge in [0.15, 0.2) is 0 Å². The van der Waals surface area contributed by atoms with E-state index in [1.54, 1.807) is 11.1 Å². The second kappa shape index (κ2) is 10.3. The average molecular weight is 382 g/mol. The van der Waals surface area contributed by atoms with Gasteiger partial charge in [-0.05, 0) is 37.1 Å². The number of piperidine rings is 1. The normalized spacial score (nSPS) is 14.4. The molecule has 3 amide bonds. The van der Waals surface area contributed by atoms with Gasteiger partial charge in [0.1, 0.15) is 12.4 Å². The highest BCUT2D eigenvalue weighted by atomic mass is 16.5. The standard InChI is InChI=1S/C21H26N4O3/c26-20(24-16-18-6-4-5-11-22-18)17-9-13-25(14-10-17)21(27)23-12-15-28-19-7-2-1-3-8-19/h1-8,11,17H,9-10,12-16H2,(H,23,27)(H,24,26). The van der Waals surface area contributed by atoms with Crippen LogP contribution < -0.4 is 15.4 Å². The Hall–Kier alpha value is -3.09. The number of urea groups is 1. The van der Waals surface area contributed by atoms with Gasteiger partial charge in [-0.15, -0.1) is 0 Å². The first-order valence-electron chi connectivity index (χ1n) is 9.60. The highest BCUT2D eigenvalue weighted by Gasteiger charge is 2.27. The third kappa shape index (κ3) is 5.97. The molecule has 2 aromatic rings. The first-order chi connectivity index (χ1) is 13.7. The average Bonchev–Trinajstić information content (AvgIpc) is 2.76. The Balaban J connectivity index is 1.31. The molecule has 0 bridgehead atoms. The van der Waals surface area contributed by atoms with Gasteiger partial charge in [-0.2, -0.15) is 0 Å². The van der Waals surface area contributed by atoms with Gasteiger partial charge < -0.3 is 20.3 Å². The fourth-order valence-corrected chi connectivity index (χ4v) is 3.12. The molecular weight excluding hydrogens is 356 g/mol. The summed E-state index contributed by atoms with van der Waals surface area (Å²) in [6, 6.07) is 15.0. The highest BCUT2D eigenvalue weighted by Crippen LogP contribution is 2.17. The van der Waals surface area contributed by atoms with E-state index in [-0.39, 0.29) is 17.9 Å². The molecule has 2 N–H and O–H groups in total. The summed E-state index contributed by atoms with van der Waals surface area (Å²) >= 11 is 0. The molecule has 0 saturated carbocycles. The van der Waals surface area contributed by atoms with Crippen LogP contribution in [0.5, 0.6) is 5.75 Å². The number of pyridine rings is 1. The van der Waals surface area contributed by atoms with Crippen molar-refractivity contribution in [1.82, 2.24) is 20.5 Å². The highest BCUT2D eigenvalue weighted by molar-refractivity contribution is 5.79. The number of benzene rings is 1. The van der Waals surface area contributed by atoms with E-state index in [4.69, 9.17) is 4.74 Å². The van der Waals surface area contributed by atoms with Gasteiger partial charge in [0, 0.05) is 25.2 Å². The lowest BCUT2D eigenvalue weighted by molar-refractivity contribution is -0.126. The molecule has 3 rings (SSSR count). The lowest BCUT2D eigenvalue weighted by atomic mass is 9.96. The van der Waals surface area contributed by atoms with E-state index in [9.17, 15) is 9.59 Å². The van der Waals surface area contributed by atoms with E-state index in [1.807, 2.05) is 48.5 Å². The number of hydrogen-bond acceptors (Lipinski definition) is 4. The maximum absolute atomic E-state index is 12.3. The summed E-state index contributed by atoms with van der Waals surface area (Å²) in [7, 11) is 0. The summed E-state index contributed by atoms with van der Waals surface area (Å²) in [5, 5.41) is 5.80. The molecular formula is C21H26N4O3. The van der Waals surface area contributed by atoms with Crippen molar-refractivity contribution >= 4 is 11.9 Å². The Labute approximate surface area is 165 Å². The lowest BCUT2D eigenvalue weighted by Gasteiger charge is -2.31. The molecule has 7 nitrogen and oxygen atoms in total. The molecule has 1 aromatic heterocycles. The summed E-state index contributed by atoms with van der Waals surface area (Å²) in [6.07, 6.45) is 3.05. The summed E-state index contributed by atoms with van der Waals surface area (Å²) in [5.41, 5.74) is 0.838. The number of carbonyl (C=O) groups excluding carboxylic acids is 2. The van der Waals surface area contributed by atoms with E-state index >= 15 is 0 Å². The maximum Gasteiger partial charge on any atom is 0.317 e. The largest absolute Gasteiger partial charge is 0.492 e. The van der Waals surface area contributed by atoms with Crippen molar-refractivity contribution in [2.75, 3.05) is 26.2 Å². The van der Waals surface area contributed by atoms with Crippen LogP contribution in [0.2, 0.25) is 0 Å². The van der Waals surface area contributed by atoms with Crippen molar-refractivity contribution in [3.8, 4) is 5.75 Å². The van der Waals surface area contributed by atoms with Crippen LogP contribution in [-0.4, -0.2) is 48.1 Å². The first kappa shape index (κ1) is 19.7. The van der Waals surface area contributed by atoms with Crippen LogP contribution in [0.25, 0.3) is 0 Å². The molecule has 0 radical (unpaired) electrons. The monoisotopic (exact) mass is 382 g/mol. The number of amides is 3. The quantitative estimate of drug-likeness (QED) is 0.719. The zero-order valence-corrected chi connectivity index (χ0v) is 15.8. The van der Waals surface area contributed by atoms with Crippen LogP contribution >= 0.6 is 0 Å². The Bertz CT molecular complexity index is 747. The maximum atomic E-state index is 12.3. The summed E-state index contributed by atoms with van der Waals surface area (Å²) < 4.78 is 5.56. The van der Waals surface area contributed by atoms with E-state index in [1.165, 1.54) is 0 Å². The zero-order chi connectivity index (χ0) is 19.6. The van der Waals surface area contributed by atoms with Crippen molar-refractivity contribution in [2.24, 2.45) is 5.92 Å². The van der Waals surface area contributed by atoms with Crippen molar-refractivity contribution in [3.05, 3.63) is 60.4 Å². The van der Waals surface area contributed by atoms with Gasteiger partial charge in [-0.3, -0.25) is 9.78 Å². The van der Waals surface area contributed by atoms with E-state index in [0.717, 1.165) is 11.4 Å². The molecule has 1 aliphatic heterocycles. The third-order valence-electron chi connectivity index (χ3n) is 4.71. The number of nitrogens with one attached hydrogen (secondary N) is 2.